The highest BCUT2D eigenvalue weighted by atomic mass is 35.5. The van der Waals surface area contributed by atoms with Gasteiger partial charge in [0, 0.05) is 5.02 Å². The molecule has 0 N–H and O–H groups in total. The highest BCUT2D eigenvalue weighted by molar-refractivity contribution is 6.30. The first-order chi connectivity index (χ1) is 6.88. The second-order valence-electron chi connectivity index (χ2n) is 4.64. The Kier molecular flexibility index (Phi) is 3.75. The molecule has 1 aromatic carbocycles. The maximum absolute atomic E-state index is 11.5. The number of halogens is 1. The van der Waals surface area contributed by atoms with Crippen molar-refractivity contribution in [1.82, 2.24) is 0 Å². The molecule has 0 radical (unpaired) electrons. The van der Waals surface area contributed by atoms with Gasteiger partial charge < -0.3 is 4.74 Å². The van der Waals surface area contributed by atoms with E-state index in [1.54, 1.807) is 24.3 Å². The monoisotopic (exact) mass is 226 g/mol. The van der Waals surface area contributed by atoms with E-state index in [1.165, 1.54) is 0 Å². The molecule has 3 heteroatoms. The number of hydrogen-bond donors (Lipinski definition) is 0. The van der Waals surface area contributed by atoms with Gasteiger partial charge >= 0.3 is 5.97 Å². The van der Waals surface area contributed by atoms with Crippen molar-refractivity contribution in [3.8, 4) is 0 Å². The Balaban J connectivity index is 2.58. The van der Waals surface area contributed by atoms with Crippen molar-refractivity contribution in [1.29, 1.82) is 0 Å². The largest absolute Gasteiger partial charge is 0.462 e. The van der Waals surface area contributed by atoms with E-state index < -0.39 is 0 Å². The van der Waals surface area contributed by atoms with Crippen LogP contribution in [0, 0.1) is 5.41 Å². The molecule has 0 atom stereocenters. The molecular formula is C12H15ClO2. The summed E-state index contributed by atoms with van der Waals surface area (Å²) in [4.78, 5) is 11.5. The van der Waals surface area contributed by atoms with Crippen molar-refractivity contribution in [2.75, 3.05) is 6.61 Å². The lowest BCUT2D eigenvalue weighted by Crippen LogP contribution is -2.18. The topological polar surface area (TPSA) is 26.3 Å². The van der Waals surface area contributed by atoms with Crippen LogP contribution in [0.3, 0.4) is 0 Å². The first-order valence-corrected chi connectivity index (χ1v) is 5.19. The summed E-state index contributed by atoms with van der Waals surface area (Å²) in [6.45, 7) is 6.46. The zero-order valence-electron chi connectivity index (χ0n) is 9.21. The summed E-state index contributed by atoms with van der Waals surface area (Å²) in [6, 6.07) is 6.67. The van der Waals surface area contributed by atoms with Crippen LogP contribution < -0.4 is 0 Å². The van der Waals surface area contributed by atoms with E-state index in [9.17, 15) is 4.79 Å². The molecule has 15 heavy (non-hydrogen) atoms. The fourth-order valence-corrected chi connectivity index (χ4v) is 1.08. The molecular weight excluding hydrogens is 212 g/mol. The molecule has 2 nitrogen and oxygen atoms in total. The van der Waals surface area contributed by atoms with Gasteiger partial charge in [0.2, 0.25) is 0 Å². The number of rotatable bonds is 2. The molecule has 0 unspecified atom stereocenters. The van der Waals surface area contributed by atoms with Crippen molar-refractivity contribution in [2.24, 2.45) is 5.41 Å². The van der Waals surface area contributed by atoms with Gasteiger partial charge in [0.05, 0.1) is 12.2 Å². The lowest BCUT2D eigenvalue weighted by atomic mass is 9.99. The third-order valence-corrected chi connectivity index (χ3v) is 1.97. The number of hydrogen-bond acceptors (Lipinski definition) is 2. The average molecular weight is 227 g/mol. The van der Waals surface area contributed by atoms with Crippen molar-refractivity contribution < 1.29 is 9.53 Å². The predicted octanol–water partition coefficient (Wildman–Crippen LogP) is 3.54. The van der Waals surface area contributed by atoms with Crippen LogP contribution >= 0.6 is 11.6 Å². The van der Waals surface area contributed by atoms with Crippen LogP contribution in [-0.2, 0) is 4.74 Å². The van der Waals surface area contributed by atoms with E-state index >= 15 is 0 Å². The van der Waals surface area contributed by atoms with Gasteiger partial charge in [-0.2, -0.15) is 0 Å². The standard InChI is InChI=1S/C12H15ClO2/c1-12(2,3)8-15-11(14)9-4-6-10(13)7-5-9/h4-7H,8H2,1-3H3. The first-order valence-electron chi connectivity index (χ1n) is 4.81. The highest BCUT2D eigenvalue weighted by Crippen LogP contribution is 2.15. The number of ether oxygens (including phenoxy) is 1. The molecule has 1 aromatic rings. The second-order valence-corrected chi connectivity index (χ2v) is 5.08. The highest BCUT2D eigenvalue weighted by Gasteiger charge is 2.14. The Labute approximate surface area is 95.2 Å². The van der Waals surface area contributed by atoms with Crippen LogP contribution in [0.15, 0.2) is 24.3 Å². The van der Waals surface area contributed by atoms with Crippen molar-refractivity contribution >= 4 is 17.6 Å². The molecule has 0 fully saturated rings. The molecule has 0 saturated carbocycles. The van der Waals surface area contributed by atoms with E-state index in [-0.39, 0.29) is 11.4 Å². The molecule has 82 valence electrons. The minimum atomic E-state index is -0.304. The molecule has 0 amide bonds. The Bertz CT molecular complexity index is 336. The summed E-state index contributed by atoms with van der Waals surface area (Å²) in [5.41, 5.74) is 0.519. The number of benzene rings is 1. The fourth-order valence-electron chi connectivity index (χ4n) is 0.951. The summed E-state index contributed by atoms with van der Waals surface area (Å²) >= 11 is 5.71. The molecule has 0 aliphatic rings. The second kappa shape index (κ2) is 4.67. The molecule has 0 aliphatic carbocycles. The van der Waals surface area contributed by atoms with Gasteiger partial charge in [-0.15, -0.1) is 0 Å². The summed E-state index contributed by atoms with van der Waals surface area (Å²) in [6.07, 6.45) is 0. The summed E-state index contributed by atoms with van der Waals surface area (Å²) < 4.78 is 5.15. The van der Waals surface area contributed by atoms with Crippen LogP contribution in [0.4, 0.5) is 0 Å². The van der Waals surface area contributed by atoms with Gasteiger partial charge in [-0.3, -0.25) is 0 Å². The van der Waals surface area contributed by atoms with Gasteiger partial charge in [0.25, 0.3) is 0 Å². The Hall–Kier alpha value is -1.02. The zero-order valence-corrected chi connectivity index (χ0v) is 9.97. The van der Waals surface area contributed by atoms with Gasteiger partial charge in [0.15, 0.2) is 0 Å². The number of carbonyl (C=O) groups excluding carboxylic acids is 1. The predicted molar refractivity (Wildman–Crippen MR) is 61.2 cm³/mol. The number of esters is 1. The van der Waals surface area contributed by atoms with Gasteiger partial charge in [-0.1, -0.05) is 32.4 Å². The molecule has 0 bridgehead atoms. The van der Waals surface area contributed by atoms with Crippen molar-refractivity contribution in [2.45, 2.75) is 20.8 Å². The molecule has 1 rings (SSSR count). The normalized spacial score (nSPS) is 11.2. The minimum absolute atomic E-state index is 0.0118. The maximum Gasteiger partial charge on any atom is 0.338 e. The van der Waals surface area contributed by atoms with Crippen LogP contribution in [0.2, 0.25) is 5.02 Å². The molecule has 0 heterocycles. The van der Waals surface area contributed by atoms with Gasteiger partial charge in [-0.05, 0) is 29.7 Å². The lowest BCUT2D eigenvalue weighted by molar-refractivity contribution is 0.0367. The average Bonchev–Trinajstić information content (AvgIpc) is 2.14. The Morgan fingerprint density at radius 1 is 1.27 bits per heavy atom. The van der Waals surface area contributed by atoms with Crippen molar-refractivity contribution in [3.63, 3.8) is 0 Å². The Morgan fingerprint density at radius 2 is 1.80 bits per heavy atom. The van der Waals surface area contributed by atoms with E-state index in [0.29, 0.717) is 17.2 Å². The van der Waals surface area contributed by atoms with Gasteiger partial charge in [-0.25, -0.2) is 4.79 Å². The van der Waals surface area contributed by atoms with E-state index in [4.69, 9.17) is 16.3 Å². The van der Waals surface area contributed by atoms with Crippen LogP contribution in [0.5, 0.6) is 0 Å². The van der Waals surface area contributed by atoms with Crippen LogP contribution in [0.25, 0.3) is 0 Å². The molecule has 0 saturated heterocycles. The molecule has 0 aliphatic heterocycles. The minimum Gasteiger partial charge on any atom is -0.462 e. The SMILES string of the molecule is CC(C)(C)COC(=O)c1ccc(Cl)cc1. The fraction of sp³-hybridized carbons (Fsp3) is 0.417. The maximum atomic E-state index is 11.5. The van der Waals surface area contributed by atoms with Gasteiger partial charge in [0.1, 0.15) is 0 Å². The third-order valence-electron chi connectivity index (χ3n) is 1.72. The van der Waals surface area contributed by atoms with E-state index in [1.807, 2.05) is 20.8 Å². The first kappa shape index (κ1) is 12.1. The van der Waals surface area contributed by atoms with E-state index in [0.717, 1.165) is 0 Å². The Morgan fingerprint density at radius 3 is 2.27 bits per heavy atom. The summed E-state index contributed by atoms with van der Waals surface area (Å²) in [5.74, 6) is -0.304. The van der Waals surface area contributed by atoms with Crippen LogP contribution in [0.1, 0.15) is 31.1 Å². The summed E-state index contributed by atoms with van der Waals surface area (Å²) in [5, 5.41) is 0.613. The molecule has 0 aromatic heterocycles. The molecule has 0 spiro atoms. The van der Waals surface area contributed by atoms with Crippen molar-refractivity contribution in [3.05, 3.63) is 34.9 Å². The van der Waals surface area contributed by atoms with E-state index in [2.05, 4.69) is 0 Å². The zero-order chi connectivity index (χ0) is 11.5. The number of carbonyl (C=O) groups is 1. The quantitative estimate of drug-likeness (QED) is 0.721. The third kappa shape index (κ3) is 4.34. The summed E-state index contributed by atoms with van der Waals surface area (Å²) in [7, 11) is 0. The lowest BCUT2D eigenvalue weighted by Gasteiger charge is -2.17. The smallest absolute Gasteiger partial charge is 0.338 e. The van der Waals surface area contributed by atoms with Crippen LogP contribution in [-0.4, -0.2) is 12.6 Å².